The number of hydrogen-bond acceptors (Lipinski definition) is 9. The molecule has 1 aromatic rings. The monoisotopic (exact) mass is 384 g/mol. The summed E-state index contributed by atoms with van der Waals surface area (Å²) in [5, 5.41) is 0. The fourth-order valence-electron chi connectivity index (χ4n) is 1.69. The van der Waals surface area contributed by atoms with E-state index in [1.54, 1.807) is 12.1 Å². The molecule has 0 N–H and O–H groups in total. The summed E-state index contributed by atoms with van der Waals surface area (Å²) in [4.78, 5) is 34.8. The van der Waals surface area contributed by atoms with Gasteiger partial charge in [0.15, 0.2) is 12.7 Å². The first-order valence-corrected chi connectivity index (χ1v) is 8.23. The highest BCUT2D eigenvalue weighted by atomic mass is 16.7. The molecular formula is C18H24O9. The van der Waals surface area contributed by atoms with Gasteiger partial charge in [-0.15, -0.1) is 0 Å². The van der Waals surface area contributed by atoms with Crippen molar-refractivity contribution in [2.75, 3.05) is 40.3 Å². The normalized spacial score (nSPS) is 11.5. The maximum atomic E-state index is 11.7. The van der Waals surface area contributed by atoms with E-state index in [1.807, 2.05) is 18.2 Å². The van der Waals surface area contributed by atoms with Gasteiger partial charge in [0, 0.05) is 7.11 Å². The number of carbonyl (C=O) groups excluding carboxylic acids is 3. The van der Waals surface area contributed by atoms with Gasteiger partial charge in [0.2, 0.25) is 0 Å². The molecule has 0 saturated carbocycles. The first-order valence-electron chi connectivity index (χ1n) is 8.23. The van der Waals surface area contributed by atoms with Crippen molar-refractivity contribution in [3.63, 3.8) is 0 Å². The van der Waals surface area contributed by atoms with Crippen LogP contribution < -0.4 is 0 Å². The number of hydrogen-bond donors (Lipinski definition) is 0. The molecule has 0 aromatic heterocycles. The highest BCUT2D eigenvalue weighted by Crippen LogP contribution is 2.02. The molecule has 1 unspecified atom stereocenters. The summed E-state index contributed by atoms with van der Waals surface area (Å²) in [7, 11) is 1.53. The Bertz CT molecular complexity index is 573. The lowest BCUT2D eigenvalue weighted by molar-refractivity contribution is -0.175. The van der Waals surface area contributed by atoms with Crippen LogP contribution in [0.2, 0.25) is 0 Å². The van der Waals surface area contributed by atoms with Crippen molar-refractivity contribution in [2.24, 2.45) is 0 Å². The maximum Gasteiger partial charge on any atom is 0.347 e. The average Bonchev–Trinajstić information content (AvgIpc) is 2.67. The van der Waals surface area contributed by atoms with Crippen molar-refractivity contribution >= 4 is 17.9 Å². The van der Waals surface area contributed by atoms with E-state index < -0.39 is 30.6 Å². The van der Waals surface area contributed by atoms with Gasteiger partial charge in [0.05, 0.1) is 13.2 Å². The largest absolute Gasteiger partial charge is 0.458 e. The zero-order valence-corrected chi connectivity index (χ0v) is 15.4. The molecule has 27 heavy (non-hydrogen) atoms. The fourth-order valence-corrected chi connectivity index (χ4v) is 1.69. The average molecular weight is 384 g/mol. The van der Waals surface area contributed by atoms with Crippen molar-refractivity contribution in [1.29, 1.82) is 0 Å². The van der Waals surface area contributed by atoms with Gasteiger partial charge in [-0.05, 0) is 12.5 Å². The Morgan fingerprint density at radius 1 is 0.926 bits per heavy atom. The lowest BCUT2D eigenvalue weighted by Gasteiger charge is -2.13. The van der Waals surface area contributed by atoms with Crippen LogP contribution in [-0.2, 0) is 49.4 Å². The SMILES string of the molecule is COCCOCOCC(=O)OC(C)C(=O)OCC(=O)OCc1ccccc1. The van der Waals surface area contributed by atoms with Gasteiger partial charge in [-0.25, -0.2) is 14.4 Å². The summed E-state index contributed by atoms with van der Waals surface area (Å²) < 4.78 is 29.2. The Morgan fingerprint density at radius 2 is 1.67 bits per heavy atom. The number of benzene rings is 1. The molecule has 0 radical (unpaired) electrons. The third-order valence-electron chi connectivity index (χ3n) is 3.03. The number of esters is 3. The third-order valence-corrected chi connectivity index (χ3v) is 3.03. The summed E-state index contributed by atoms with van der Waals surface area (Å²) in [6.45, 7) is 1.07. The molecule has 1 atom stereocenters. The number of carbonyl (C=O) groups is 3. The van der Waals surface area contributed by atoms with E-state index in [9.17, 15) is 14.4 Å². The Morgan fingerprint density at radius 3 is 2.37 bits per heavy atom. The molecule has 0 spiro atoms. The van der Waals surface area contributed by atoms with E-state index >= 15 is 0 Å². The van der Waals surface area contributed by atoms with Crippen molar-refractivity contribution in [1.82, 2.24) is 0 Å². The Hall–Kier alpha value is -2.49. The predicted molar refractivity (Wildman–Crippen MR) is 91.4 cm³/mol. The minimum Gasteiger partial charge on any atom is -0.458 e. The molecule has 150 valence electrons. The van der Waals surface area contributed by atoms with Crippen molar-refractivity contribution in [3.8, 4) is 0 Å². The molecule has 0 heterocycles. The van der Waals surface area contributed by atoms with Crippen LogP contribution in [-0.4, -0.2) is 64.3 Å². The van der Waals surface area contributed by atoms with Crippen LogP contribution in [0.5, 0.6) is 0 Å². The van der Waals surface area contributed by atoms with E-state index in [-0.39, 0.29) is 20.0 Å². The first kappa shape index (κ1) is 22.6. The molecule has 0 saturated heterocycles. The molecule has 0 aliphatic rings. The molecule has 0 fully saturated rings. The summed E-state index contributed by atoms with van der Waals surface area (Å²) in [5.41, 5.74) is 0.811. The number of methoxy groups -OCH3 is 1. The van der Waals surface area contributed by atoms with E-state index in [0.717, 1.165) is 5.56 Å². The molecular weight excluding hydrogens is 360 g/mol. The lowest BCUT2D eigenvalue weighted by Crippen LogP contribution is -2.30. The third kappa shape index (κ3) is 11.0. The zero-order valence-electron chi connectivity index (χ0n) is 15.4. The molecule has 0 amide bonds. The van der Waals surface area contributed by atoms with E-state index in [1.165, 1.54) is 14.0 Å². The van der Waals surface area contributed by atoms with Crippen LogP contribution in [0, 0.1) is 0 Å². The van der Waals surface area contributed by atoms with Gasteiger partial charge in [0.25, 0.3) is 0 Å². The Labute approximate surface area is 157 Å². The van der Waals surface area contributed by atoms with Gasteiger partial charge in [0.1, 0.15) is 20.0 Å². The summed E-state index contributed by atoms with van der Waals surface area (Å²) in [6.07, 6.45) is -1.18. The Balaban J connectivity index is 2.14. The van der Waals surface area contributed by atoms with Crippen LogP contribution in [0.15, 0.2) is 30.3 Å². The van der Waals surface area contributed by atoms with Gasteiger partial charge >= 0.3 is 17.9 Å². The van der Waals surface area contributed by atoms with Crippen LogP contribution in [0.4, 0.5) is 0 Å². The molecule has 0 aliphatic carbocycles. The first-order chi connectivity index (χ1) is 13.0. The summed E-state index contributed by atoms with van der Waals surface area (Å²) in [5.74, 6) is -2.33. The number of rotatable bonds is 13. The van der Waals surface area contributed by atoms with Crippen LogP contribution in [0.25, 0.3) is 0 Å². The summed E-state index contributed by atoms with van der Waals surface area (Å²) >= 11 is 0. The standard InChI is InChI=1S/C18H24O9/c1-14(27-17(20)11-24-13-23-9-8-22-2)18(21)26-12-16(19)25-10-15-6-4-3-5-7-15/h3-7,14H,8-13H2,1-2H3. The summed E-state index contributed by atoms with van der Waals surface area (Å²) in [6, 6.07) is 9.07. The van der Waals surface area contributed by atoms with Gasteiger partial charge < -0.3 is 28.4 Å². The second-order valence-electron chi connectivity index (χ2n) is 5.25. The fraction of sp³-hybridized carbons (Fsp3) is 0.500. The van der Waals surface area contributed by atoms with Gasteiger partial charge in [-0.3, -0.25) is 0 Å². The second kappa shape index (κ2) is 13.7. The molecule has 9 heteroatoms. The molecule has 1 aromatic carbocycles. The minimum absolute atomic E-state index is 0.0750. The topological polar surface area (TPSA) is 107 Å². The molecule has 0 aliphatic heterocycles. The van der Waals surface area contributed by atoms with Gasteiger partial charge in [-0.2, -0.15) is 0 Å². The zero-order chi connectivity index (χ0) is 19.9. The highest BCUT2D eigenvalue weighted by molar-refractivity contribution is 5.81. The van der Waals surface area contributed by atoms with Crippen LogP contribution >= 0.6 is 0 Å². The molecule has 0 bridgehead atoms. The highest BCUT2D eigenvalue weighted by Gasteiger charge is 2.20. The molecule has 1 rings (SSSR count). The lowest BCUT2D eigenvalue weighted by atomic mass is 10.2. The van der Waals surface area contributed by atoms with Gasteiger partial charge in [-0.1, -0.05) is 30.3 Å². The van der Waals surface area contributed by atoms with E-state index in [2.05, 4.69) is 0 Å². The predicted octanol–water partition coefficient (Wildman–Crippen LogP) is 0.842. The number of ether oxygens (including phenoxy) is 6. The second-order valence-corrected chi connectivity index (χ2v) is 5.25. The van der Waals surface area contributed by atoms with Crippen molar-refractivity contribution in [3.05, 3.63) is 35.9 Å². The Kier molecular flexibility index (Phi) is 11.4. The quantitative estimate of drug-likeness (QED) is 0.212. The van der Waals surface area contributed by atoms with Crippen molar-refractivity contribution < 1.29 is 42.8 Å². The smallest absolute Gasteiger partial charge is 0.347 e. The van der Waals surface area contributed by atoms with Crippen LogP contribution in [0.1, 0.15) is 12.5 Å². The van der Waals surface area contributed by atoms with Crippen molar-refractivity contribution in [2.45, 2.75) is 19.6 Å². The van der Waals surface area contributed by atoms with E-state index in [0.29, 0.717) is 13.2 Å². The van der Waals surface area contributed by atoms with Crippen LogP contribution in [0.3, 0.4) is 0 Å². The molecule has 9 nitrogen and oxygen atoms in total. The maximum absolute atomic E-state index is 11.7. The van der Waals surface area contributed by atoms with E-state index in [4.69, 9.17) is 28.4 Å². The minimum atomic E-state index is -1.18.